The van der Waals surface area contributed by atoms with Crippen molar-refractivity contribution < 1.29 is 14.3 Å². The first-order chi connectivity index (χ1) is 10.9. The largest absolute Gasteiger partial charge is 0.497 e. The van der Waals surface area contributed by atoms with E-state index in [4.69, 9.17) is 51.1 Å². The molecule has 2 amide bonds. The average molecular weight is 400 g/mol. The lowest BCUT2D eigenvalue weighted by atomic mass is 10.1. The van der Waals surface area contributed by atoms with Gasteiger partial charge in [-0.15, -0.1) is 0 Å². The molecule has 0 aliphatic carbocycles. The molecule has 0 N–H and O–H groups in total. The second kappa shape index (κ2) is 7.79. The van der Waals surface area contributed by atoms with Gasteiger partial charge >= 0.3 is 0 Å². The summed E-state index contributed by atoms with van der Waals surface area (Å²) in [6, 6.07) is 6.97. The highest BCUT2D eigenvalue weighted by atomic mass is 35.5. The summed E-state index contributed by atoms with van der Waals surface area (Å²) in [5, 5.41) is 0. The molecule has 0 bridgehead atoms. The second-order valence-corrected chi connectivity index (χ2v) is 7.00. The predicted molar refractivity (Wildman–Crippen MR) is 90.1 cm³/mol. The molecule has 1 aliphatic heterocycles. The van der Waals surface area contributed by atoms with E-state index in [2.05, 4.69) is 0 Å². The van der Waals surface area contributed by atoms with E-state index in [1.165, 1.54) is 9.80 Å². The van der Waals surface area contributed by atoms with Crippen molar-refractivity contribution in [1.82, 2.24) is 9.80 Å². The van der Waals surface area contributed by atoms with Crippen LogP contribution in [0, 0.1) is 0 Å². The smallest absolute Gasteiger partial charge is 0.257 e. The highest BCUT2D eigenvalue weighted by Crippen LogP contribution is 2.33. The fourth-order valence-electron chi connectivity index (χ4n) is 2.48. The molecular formula is C14H14Cl4N2O3. The van der Waals surface area contributed by atoms with Gasteiger partial charge in [0.1, 0.15) is 11.9 Å². The molecule has 1 aromatic rings. The van der Waals surface area contributed by atoms with E-state index in [1.54, 1.807) is 31.4 Å². The van der Waals surface area contributed by atoms with Crippen molar-refractivity contribution in [2.75, 3.05) is 20.2 Å². The number of methoxy groups -OCH3 is 1. The van der Waals surface area contributed by atoms with Crippen molar-refractivity contribution in [2.45, 2.75) is 15.8 Å². The minimum atomic E-state index is -1.21. The molecule has 0 radical (unpaired) electrons. The second-order valence-electron chi connectivity index (χ2n) is 4.81. The summed E-state index contributed by atoms with van der Waals surface area (Å²) in [7, 11) is 1.55. The SMILES string of the molecule is COc1ccc(C2N(C(=O)C(Cl)Cl)CCN2C(=O)C(Cl)Cl)cc1. The lowest BCUT2D eigenvalue weighted by Crippen LogP contribution is -2.41. The maximum atomic E-state index is 12.2. The number of hydrogen-bond donors (Lipinski definition) is 0. The van der Waals surface area contributed by atoms with Crippen LogP contribution in [0.15, 0.2) is 24.3 Å². The third kappa shape index (κ3) is 3.97. The number of hydrogen-bond acceptors (Lipinski definition) is 3. The molecule has 0 atom stereocenters. The highest BCUT2D eigenvalue weighted by Gasteiger charge is 2.41. The molecule has 0 aromatic heterocycles. The van der Waals surface area contributed by atoms with E-state index in [0.29, 0.717) is 11.3 Å². The van der Waals surface area contributed by atoms with E-state index >= 15 is 0 Å². The molecule has 1 aliphatic rings. The molecule has 1 saturated heterocycles. The Morgan fingerprint density at radius 1 is 1.00 bits per heavy atom. The minimum absolute atomic E-state index is 0.289. The summed E-state index contributed by atoms with van der Waals surface area (Å²) in [5.74, 6) is -0.307. The Labute approximate surface area is 154 Å². The number of carbonyl (C=O) groups excluding carboxylic acids is 2. The Kier molecular flexibility index (Phi) is 6.26. The molecule has 0 unspecified atom stereocenters. The summed E-state index contributed by atoms with van der Waals surface area (Å²) in [6.45, 7) is 0.579. The van der Waals surface area contributed by atoms with Crippen molar-refractivity contribution in [1.29, 1.82) is 0 Å². The van der Waals surface area contributed by atoms with Crippen molar-refractivity contribution in [3.63, 3.8) is 0 Å². The molecule has 2 rings (SSSR count). The van der Waals surface area contributed by atoms with Gasteiger partial charge < -0.3 is 14.5 Å². The van der Waals surface area contributed by atoms with Gasteiger partial charge in [0.05, 0.1) is 7.11 Å². The fourth-order valence-corrected chi connectivity index (χ4v) is 2.98. The number of carbonyl (C=O) groups is 2. The van der Waals surface area contributed by atoms with Crippen LogP contribution in [0.4, 0.5) is 0 Å². The van der Waals surface area contributed by atoms with Gasteiger partial charge in [-0.2, -0.15) is 0 Å². The van der Waals surface area contributed by atoms with Crippen LogP contribution in [0.3, 0.4) is 0 Å². The Hall–Kier alpha value is -0.880. The maximum Gasteiger partial charge on any atom is 0.257 e. The van der Waals surface area contributed by atoms with Gasteiger partial charge in [-0.3, -0.25) is 9.59 Å². The summed E-state index contributed by atoms with van der Waals surface area (Å²) in [4.78, 5) is 24.9. The van der Waals surface area contributed by atoms with Gasteiger partial charge in [0.25, 0.3) is 11.8 Å². The Bertz CT molecular complexity index is 552. The van der Waals surface area contributed by atoms with Crippen LogP contribution >= 0.6 is 46.4 Å². The quantitative estimate of drug-likeness (QED) is 0.731. The monoisotopic (exact) mass is 398 g/mol. The highest BCUT2D eigenvalue weighted by molar-refractivity contribution is 6.54. The van der Waals surface area contributed by atoms with Gasteiger partial charge in [0.2, 0.25) is 0 Å². The average Bonchev–Trinajstić information content (AvgIpc) is 2.97. The lowest BCUT2D eigenvalue weighted by Gasteiger charge is -2.31. The van der Waals surface area contributed by atoms with Crippen LogP contribution < -0.4 is 4.74 Å². The third-order valence-electron chi connectivity index (χ3n) is 3.53. The molecule has 23 heavy (non-hydrogen) atoms. The van der Waals surface area contributed by atoms with Gasteiger partial charge in [0, 0.05) is 13.1 Å². The molecule has 1 heterocycles. The number of halogens is 4. The molecule has 9 heteroatoms. The Morgan fingerprint density at radius 3 is 1.78 bits per heavy atom. The molecule has 0 spiro atoms. The maximum absolute atomic E-state index is 12.2. The van der Waals surface area contributed by atoms with E-state index in [0.717, 1.165) is 0 Å². The van der Waals surface area contributed by atoms with Crippen molar-refractivity contribution in [3.05, 3.63) is 29.8 Å². The summed E-state index contributed by atoms with van der Waals surface area (Å²) < 4.78 is 5.11. The normalized spacial score (nSPS) is 15.6. The van der Waals surface area contributed by atoms with Crippen molar-refractivity contribution >= 4 is 58.2 Å². The molecule has 126 valence electrons. The van der Waals surface area contributed by atoms with Gasteiger partial charge in [-0.1, -0.05) is 58.5 Å². The lowest BCUT2D eigenvalue weighted by molar-refractivity contribution is -0.137. The first-order valence-corrected chi connectivity index (χ1v) is 8.42. The predicted octanol–water partition coefficient (Wildman–Crippen LogP) is 2.97. The van der Waals surface area contributed by atoms with Crippen molar-refractivity contribution in [2.24, 2.45) is 0 Å². The zero-order valence-electron chi connectivity index (χ0n) is 12.1. The number of benzene rings is 1. The van der Waals surface area contributed by atoms with E-state index in [9.17, 15) is 9.59 Å². The van der Waals surface area contributed by atoms with E-state index in [-0.39, 0.29) is 13.1 Å². The van der Waals surface area contributed by atoms with Gasteiger partial charge in [-0.05, 0) is 17.7 Å². The van der Waals surface area contributed by atoms with Crippen LogP contribution in [0.25, 0.3) is 0 Å². The van der Waals surface area contributed by atoms with Gasteiger partial charge in [-0.25, -0.2) is 0 Å². The fraction of sp³-hybridized carbons (Fsp3) is 0.429. The number of ether oxygens (including phenoxy) is 1. The molecule has 0 saturated carbocycles. The summed E-state index contributed by atoms with van der Waals surface area (Å²) in [6.07, 6.45) is -0.666. The first-order valence-electron chi connectivity index (χ1n) is 6.68. The third-order valence-corrected chi connectivity index (χ3v) is 4.27. The zero-order valence-corrected chi connectivity index (χ0v) is 15.1. The number of nitrogens with zero attached hydrogens (tertiary/aromatic N) is 2. The van der Waals surface area contributed by atoms with Crippen LogP contribution in [0.1, 0.15) is 11.7 Å². The molecular weight excluding hydrogens is 386 g/mol. The minimum Gasteiger partial charge on any atom is -0.497 e. The summed E-state index contributed by atoms with van der Waals surface area (Å²) >= 11 is 22.8. The number of amides is 2. The molecule has 1 fully saturated rings. The van der Waals surface area contributed by atoms with E-state index in [1.807, 2.05) is 0 Å². The van der Waals surface area contributed by atoms with Crippen LogP contribution in [0.2, 0.25) is 0 Å². The molecule has 1 aromatic carbocycles. The van der Waals surface area contributed by atoms with Crippen molar-refractivity contribution in [3.8, 4) is 5.75 Å². The standard InChI is InChI=1S/C14H14Cl4N2O3/c1-23-9-4-2-8(3-5-9)12-19(13(21)10(15)16)6-7-20(12)14(22)11(17)18/h2-5,10-12H,6-7H2,1H3. The summed E-state index contributed by atoms with van der Waals surface area (Å²) in [5.41, 5.74) is 0.702. The molecule has 5 nitrogen and oxygen atoms in total. The van der Waals surface area contributed by atoms with Gasteiger partial charge in [0.15, 0.2) is 9.67 Å². The first kappa shape index (κ1) is 18.5. The van der Waals surface area contributed by atoms with E-state index < -0.39 is 27.7 Å². The zero-order chi connectivity index (χ0) is 17.1. The van der Waals surface area contributed by atoms with Crippen LogP contribution in [0.5, 0.6) is 5.75 Å². The Balaban J connectivity index is 2.38. The number of alkyl halides is 4. The van der Waals surface area contributed by atoms with Crippen LogP contribution in [-0.4, -0.2) is 51.5 Å². The van der Waals surface area contributed by atoms with Crippen LogP contribution in [-0.2, 0) is 9.59 Å². The Morgan fingerprint density at radius 2 is 1.43 bits per heavy atom. The topological polar surface area (TPSA) is 49.9 Å². The number of rotatable bonds is 4.